The molecule has 1 aliphatic heterocycles. The number of methoxy groups -OCH3 is 2. The monoisotopic (exact) mass is 423 g/mol. The molecular formula is C20H25NO7S. The molecule has 0 bridgehead atoms. The Hall–Kier alpha value is -2.23. The Bertz CT molecular complexity index is 958. The molecule has 2 aromatic rings. The smallest absolute Gasteiger partial charge is 0.314 e. The van der Waals surface area contributed by atoms with Crippen LogP contribution in [0.2, 0.25) is 0 Å². The van der Waals surface area contributed by atoms with Crippen molar-refractivity contribution in [3.05, 3.63) is 27.9 Å². The largest absolute Gasteiger partial charge is 0.496 e. The number of β-amino-alcohol motifs (C(OH)–C–C–N with tert-alkyl or cyclic N) is 1. The minimum atomic E-state index is -0.681. The van der Waals surface area contributed by atoms with Gasteiger partial charge in [0.2, 0.25) is 0 Å². The van der Waals surface area contributed by atoms with Crippen molar-refractivity contribution in [1.82, 2.24) is 4.90 Å². The third-order valence-electron chi connectivity index (χ3n) is 5.07. The van der Waals surface area contributed by atoms with Gasteiger partial charge in [-0.15, -0.1) is 0 Å². The summed E-state index contributed by atoms with van der Waals surface area (Å²) in [7, 11) is 4.88. The van der Waals surface area contributed by atoms with Gasteiger partial charge in [-0.25, -0.2) is 0 Å². The summed E-state index contributed by atoms with van der Waals surface area (Å²) in [6.07, 6.45) is 0.0373. The van der Waals surface area contributed by atoms with Gasteiger partial charge in [0.1, 0.15) is 16.9 Å². The number of benzene rings is 1. The maximum atomic E-state index is 12.8. The number of fused-ring (bicyclic) bond motifs is 1. The number of hydrogen-bond donors (Lipinski definition) is 2. The molecule has 0 aliphatic carbocycles. The quantitative estimate of drug-likeness (QED) is 0.536. The van der Waals surface area contributed by atoms with Crippen LogP contribution in [0.15, 0.2) is 21.3 Å². The van der Waals surface area contributed by atoms with E-state index in [0.29, 0.717) is 30.0 Å². The van der Waals surface area contributed by atoms with Gasteiger partial charge in [0.25, 0.3) is 5.95 Å². The molecule has 158 valence electrons. The molecule has 29 heavy (non-hydrogen) atoms. The zero-order valence-electron chi connectivity index (χ0n) is 16.6. The number of carbonyl (C=O) groups excluding carboxylic acids is 1. The van der Waals surface area contributed by atoms with Gasteiger partial charge >= 0.3 is 5.97 Å². The van der Waals surface area contributed by atoms with Gasteiger partial charge in [-0.2, -0.15) is 12.6 Å². The van der Waals surface area contributed by atoms with Gasteiger partial charge in [-0.3, -0.25) is 9.59 Å². The van der Waals surface area contributed by atoms with Crippen LogP contribution in [-0.4, -0.2) is 62.2 Å². The van der Waals surface area contributed by atoms with Crippen molar-refractivity contribution in [3.63, 3.8) is 0 Å². The van der Waals surface area contributed by atoms with E-state index in [1.54, 1.807) is 6.07 Å². The number of aliphatic hydroxyl groups is 1. The van der Waals surface area contributed by atoms with Gasteiger partial charge in [-0.05, 0) is 20.0 Å². The molecule has 1 aliphatic rings. The summed E-state index contributed by atoms with van der Waals surface area (Å²) < 4.78 is 21.9. The van der Waals surface area contributed by atoms with Crippen molar-refractivity contribution in [1.29, 1.82) is 0 Å². The minimum Gasteiger partial charge on any atom is -0.496 e. The Morgan fingerprint density at radius 2 is 2.03 bits per heavy atom. The highest BCUT2D eigenvalue weighted by atomic mass is 32.1. The Kier molecular flexibility index (Phi) is 6.71. The van der Waals surface area contributed by atoms with Crippen molar-refractivity contribution >= 4 is 29.6 Å². The number of likely N-dealkylation sites (tertiary alicyclic amines) is 1. The number of aliphatic hydroxyl groups excluding tert-OH is 1. The summed E-state index contributed by atoms with van der Waals surface area (Å²) in [5.41, 5.74) is 0.340. The van der Waals surface area contributed by atoms with E-state index in [4.69, 9.17) is 18.6 Å². The first-order valence-corrected chi connectivity index (χ1v) is 9.93. The molecule has 1 N–H and O–H groups in total. The van der Waals surface area contributed by atoms with Crippen molar-refractivity contribution in [2.75, 3.05) is 40.1 Å². The average Bonchev–Trinajstić information content (AvgIpc) is 2.67. The molecule has 1 aromatic heterocycles. The second-order valence-electron chi connectivity index (χ2n) is 7.00. The summed E-state index contributed by atoms with van der Waals surface area (Å²) in [6.45, 7) is 1.24. The lowest BCUT2D eigenvalue weighted by Gasteiger charge is -2.34. The molecule has 2 heterocycles. The molecule has 0 radical (unpaired) electrons. The van der Waals surface area contributed by atoms with Gasteiger partial charge < -0.3 is 28.6 Å². The predicted octanol–water partition coefficient (Wildman–Crippen LogP) is 1.82. The highest BCUT2D eigenvalue weighted by Gasteiger charge is 2.33. The molecule has 2 atom stereocenters. The number of nitrogens with zero attached hydrogens (tertiary/aromatic N) is 1. The number of piperidine rings is 1. The summed E-state index contributed by atoms with van der Waals surface area (Å²) in [6, 6.07) is 2.73. The highest BCUT2D eigenvalue weighted by molar-refractivity contribution is 7.80. The molecule has 1 fully saturated rings. The van der Waals surface area contributed by atoms with E-state index in [2.05, 4.69) is 12.6 Å². The van der Waals surface area contributed by atoms with Crippen LogP contribution in [0, 0.1) is 0 Å². The van der Waals surface area contributed by atoms with Crippen LogP contribution in [-0.2, 0) is 4.79 Å². The number of likely N-dealkylation sites (N-methyl/N-ethyl adjacent to an activating group) is 1. The summed E-state index contributed by atoms with van der Waals surface area (Å²) >= 11 is 4.00. The van der Waals surface area contributed by atoms with E-state index in [1.165, 1.54) is 14.2 Å². The van der Waals surface area contributed by atoms with E-state index in [-0.39, 0.29) is 35.0 Å². The van der Waals surface area contributed by atoms with Crippen molar-refractivity contribution < 1.29 is 28.5 Å². The lowest BCUT2D eigenvalue weighted by molar-refractivity contribution is -0.135. The van der Waals surface area contributed by atoms with Gasteiger partial charge in [0.05, 0.1) is 32.8 Å². The van der Waals surface area contributed by atoms with Crippen LogP contribution < -0.4 is 19.6 Å². The number of ether oxygens (including phenoxy) is 3. The van der Waals surface area contributed by atoms with E-state index >= 15 is 0 Å². The maximum Gasteiger partial charge on any atom is 0.314 e. The Balaban J connectivity index is 2.23. The van der Waals surface area contributed by atoms with Crippen LogP contribution in [0.5, 0.6) is 17.4 Å². The zero-order chi connectivity index (χ0) is 21.1. The fourth-order valence-corrected chi connectivity index (χ4v) is 3.87. The van der Waals surface area contributed by atoms with E-state index in [1.807, 2.05) is 11.9 Å². The van der Waals surface area contributed by atoms with Crippen LogP contribution in [0.25, 0.3) is 11.0 Å². The van der Waals surface area contributed by atoms with Crippen LogP contribution >= 0.6 is 12.6 Å². The lowest BCUT2D eigenvalue weighted by atomic mass is 9.85. The highest BCUT2D eigenvalue weighted by Crippen LogP contribution is 2.43. The van der Waals surface area contributed by atoms with E-state index < -0.39 is 17.5 Å². The standard InChI is InChI=1S/C20H25NO7S/c1-21-6-4-11(13(23)10-21)18-14(25-2)9-15(26-3)19-12(22)8-17(28-20(18)19)27-16(24)5-7-29/h8-9,11,13,23,29H,4-7,10H2,1-3H3. The molecule has 3 rings (SSSR count). The molecule has 8 nitrogen and oxygen atoms in total. The SMILES string of the molecule is COc1cc(OC)c2c(=O)cc(OC(=O)CCS)oc2c1C1CCN(C)CC1O. The minimum absolute atomic E-state index is 0.0762. The van der Waals surface area contributed by atoms with Gasteiger partial charge in [-0.1, -0.05) is 0 Å². The Morgan fingerprint density at radius 3 is 2.66 bits per heavy atom. The first-order chi connectivity index (χ1) is 13.9. The number of rotatable bonds is 6. The molecule has 1 saturated heterocycles. The van der Waals surface area contributed by atoms with Crippen LogP contribution in [0.3, 0.4) is 0 Å². The Labute approximate surface area is 173 Å². The molecule has 1 aromatic carbocycles. The fourth-order valence-electron chi connectivity index (χ4n) is 3.69. The number of esters is 1. The third-order valence-corrected chi connectivity index (χ3v) is 5.29. The van der Waals surface area contributed by atoms with Gasteiger partial charge in [0.15, 0.2) is 11.0 Å². The second kappa shape index (κ2) is 9.06. The summed E-state index contributed by atoms with van der Waals surface area (Å²) in [5.74, 6) is -0.0618. The molecule has 2 unspecified atom stereocenters. The molecular weight excluding hydrogens is 398 g/mol. The first-order valence-electron chi connectivity index (χ1n) is 9.30. The van der Waals surface area contributed by atoms with Crippen molar-refractivity contribution in [2.24, 2.45) is 0 Å². The van der Waals surface area contributed by atoms with Gasteiger partial charge in [0, 0.05) is 29.8 Å². The van der Waals surface area contributed by atoms with Crippen molar-refractivity contribution in [3.8, 4) is 17.4 Å². The number of carbonyl (C=O) groups is 1. The van der Waals surface area contributed by atoms with E-state index in [9.17, 15) is 14.7 Å². The zero-order valence-corrected chi connectivity index (χ0v) is 17.5. The van der Waals surface area contributed by atoms with E-state index in [0.717, 1.165) is 12.6 Å². The topological polar surface area (TPSA) is 98.4 Å². The molecule has 0 amide bonds. The lowest BCUT2D eigenvalue weighted by Crippen LogP contribution is -2.40. The summed E-state index contributed by atoms with van der Waals surface area (Å²) in [4.78, 5) is 26.7. The van der Waals surface area contributed by atoms with Crippen LogP contribution in [0.4, 0.5) is 0 Å². The summed E-state index contributed by atoms with van der Waals surface area (Å²) in [5, 5.41) is 10.9. The van der Waals surface area contributed by atoms with Crippen LogP contribution in [0.1, 0.15) is 24.3 Å². The fraction of sp³-hybridized carbons (Fsp3) is 0.500. The second-order valence-corrected chi connectivity index (χ2v) is 7.45. The number of hydrogen-bond acceptors (Lipinski definition) is 9. The normalized spacial score (nSPS) is 19.9. The third kappa shape index (κ3) is 4.36. The Morgan fingerprint density at radius 1 is 1.31 bits per heavy atom. The molecule has 0 spiro atoms. The van der Waals surface area contributed by atoms with Crippen molar-refractivity contribution in [2.45, 2.75) is 24.9 Å². The predicted molar refractivity (Wildman–Crippen MR) is 111 cm³/mol. The molecule has 9 heteroatoms. The average molecular weight is 423 g/mol. The first kappa shape index (κ1) is 21.5. The maximum absolute atomic E-state index is 12.8. The number of thiol groups is 1. The molecule has 0 saturated carbocycles.